The Hall–Kier alpha value is -5.86. The Morgan fingerprint density at radius 1 is 0.569 bits per heavy atom. The van der Waals surface area contributed by atoms with Crippen LogP contribution in [0.15, 0.2) is 94.9 Å². The zero-order chi connectivity index (χ0) is 39.6. The molecule has 0 amide bonds. The summed E-state index contributed by atoms with van der Waals surface area (Å²) in [6.45, 7) is 4.72. The first-order chi connectivity index (χ1) is 28.4. The number of hydrogen-bond acceptors (Lipinski definition) is 10. The molecule has 2 aliphatic heterocycles. The fourth-order valence-corrected chi connectivity index (χ4v) is 8.32. The highest BCUT2D eigenvalue weighted by molar-refractivity contribution is 6.31. The lowest BCUT2D eigenvalue weighted by Gasteiger charge is -2.20. The predicted octanol–water partition coefficient (Wildman–Crippen LogP) is 7.04. The quantitative estimate of drug-likeness (QED) is 0.172. The van der Waals surface area contributed by atoms with Crippen molar-refractivity contribution in [3.8, 4) is 0 Å². The first kappa shape index (κ1) is 37.7. The zero-order valence-electron chi connectivity index (χ0n) is 31.9. The van der Waals surface area contributed by atoms with Crippen molar-refractivity contribution >= 4 is 68.5 Å². The Morgan fingerprint density at radius 3 is 1.59 bits per heavy atom. The van der Waals surface area contributed by atoms with Gasteiger partial charge in [-0.1, -0.05) is 61.0 Å². The smallest absolute Gasteiger partial charge is 0.282 e. The normalized spacial score (nSPS) is 15.1. The van der Waals surface area contributed by atoms with E-state index in [1.54, 1.807) is 46.0 Å². The molecule has 10 rings (SSSR count). The molecule has 296 valence electrons. The Bertz CT molecular complexity index is 2640. The van der Waals surface area contributed by atoms with Crippen LogP contribution in [0.4, 0.5) is 11.9 Å². The molecule has 14 nitrogen and oxygen atoms in total. The molecule has 0 radical (unpaired) electrons. The van der Waals surface area contributed by atoms with Crippen molar-refractivity contribution in [2.24, 2.45) is 0 Å². The molecule has 16 heteroatoms. The van der Waals surface area contributed by atoms with Crippen molar-refractivity contribution in [2.45, 2.75) is 64.5 Å². The zero-order valence-corrected chi connectivity index (χ0v) is 33.4. The maximum atomic E-state index is 12.7. The molecular formula is C42H42Cl2N12O2. The highest BCUT2D eigenvalue weighted by Gasteiger charge is 2.24. The minimum absolute atomic E-state index is 0.294. The van der Waals surface area contributed by atoms with Gasteiger partial charge < -0.3 is 9.80 Å². The molecular weight excluding hydrogens is 775 g/mol. The van der Waals surface area contributed by atoms with Crippen LogP contribution in [0.25, 0.3) is 33.4 Å². The van der Waals surface area contributed by atoms with Gasteiger partial charge in [-0.2, -0.15) is 9.97 Å². The lowest BCUT2D eigenvalue weighted by atomic mass is 10.2. The Balaban J connectivity index is 0.000000150. The summed E-state index contributed by atoms with van der Waals surface area (Å²) >= 11 is 12.3. The van der Waals surface area contributed by atoms with Gasteiger partial charge in [-0.05, 0) is 85.8 Å². The second kappa shape index (κ2) is 16.5. The van der Waals surface area contributed by atoms with Crippen molar-refractivity contribution in [3.63, 3.8) is 0 Å². The second-order valence-electron chi connectivity index (χ2n) is 14.8. The van der Waals surface area contributed by atoms with E-state index >= 15 is 0 Å². The molecule has 2 aliphatic rings. The van der Waals surface area contributed by atoms with Gasteiger partial charge in [-0.15, -0.1) is 10.2 Å². The number of aromatic nitrogens is 10. The van der Waals surface area contributed by atoms with Crippen molar-refractivity contribution in [2.75, 3.05) is 36.0 Å². The minimum Gasteiger partial charge on any atom is -0.341 e. The average molecular weight is 818 g/mol. The predicted molar refractivity (Wildman–Crippen MR) is 228 cm³/mol. The van der Waals surface area contributed by atoms with Crippen LogP contribution in [0.1, 0.15) is 62.6 Å². The van der Waals surface area contributed by atoms with E-state index in [9.17, 15) is 9.59 Å². The molecule has 0 bridgehead atoms. The van der Waals surface area contributed by atoms with Crippen LogP contribution in [0.5, 0.6) is 0 Å². The molecule has 0 saturated carbocycles. The summed E-state index contributed by atoms with van der Waals surface area (Å²) in [5.41, 5.74) is 2.83. The van der Waals surface area contributed by atoms with Gasteiger partial charge in [0.15, 0.2) is 0 Å². The van der Waals surface area contributed by atoms with Crippen molar-refractivity contribution in [3.05, 3.63) is 127 Å². The molecule has 2 aromatic carbocycles. The third kappa shape index (κ3) is 7.61. The van der Waals surface area contributed by atoms with Crippen LogP contribution in [0.2, 0.25) is 10.0 Å². The number of halogens is 2. The molecule has 2 saturated heterocycles. The molecule has 58 heavy (non-hydrogen) atoms. The topological polar surface area (TPSA) is 137 Å². The monoisotopic (exact) mass is 816 g/mol. The highest BCUT2D eigenvalue weighted by Crippen LogP contribution is 2.27. The van der Waals surface area contributed by atoms with E-state index in [2.05, 4.69) is 29.7 Å². The van der Waals surface area contributed by atoms with Crippen LogP contribution in [-0.2, 0) is 13.1 Å². The molecule has 0 spiro atoms. The van der Waals surface area contributed by atoms with Gasteiger partial charge in [-0.25, -0.2) is 18.2 Å². The van der Waals surface area contributed by atoms with Gasteiger partial charge in [0.1, 0.15) is 0 Å². The van der Waals surface area contributed by atoms with Gasteiger partial charge in [0.05, 0.1) is 40.6 Å². The summed E-state index contributed by atoms with van der Waals surface area (Å²) in [6.07, 6.45) is 14.8. The van der Waals surface area contributed by atoms with E-state index in [0.29, 0.717) is 45.5 Å². The van der Waals surface area contributed by atoms with E-state index < -0.39 is 0 Å². The number of nitrogens with zero attached hydrogens (tertiary/aromatic N) is 12. The third-order valence-corrected chi connectivity index (χ3v) is 11.3. The summed E-state index contributed by atoms with van der Waals surface area (Å²) in [5.74, 6) is 2.70. The highest BCUT2D eigenvalue weighted by atomic mass is 35.5. The third-order valence-electron chi connectivity index (χ3n) is 10.8. The molecule has 0 N–H and O–H groups in total. The Kier molecular flexibility index (Phi) is 10.8. The number of benzene rings is 2. The van der Waals surface area contributed by atoms with Crippen LogP contribution in [0.3, 0.4) is 0 Å². The summed E-state index contributed by atoms with van der Waals surface area (Å²) in [4.78, 5) is 47.4. The summed E-state index contributed by atoms with van der Waals surface area (Å²) in [5, 5.41) is 11.9. The first-order valence-electron chi connectivity index (χ1n) is 19.9. The number of pyridine rings is 2. The maximum Gasteiger partial charge on any atom is 0.282 e. The SMILES string of the molecule is O=c1nc2n(Cc3ccccn3)nc(N3CCCCCC3)n2c2ccc(Cl)cc12.O=c1nc2n(Cc3cccnc3)nc(N3CCCCCC3)n2c2ccc(Cl)cc12. The number of hydrogen-bond donors (Lipinski definition) is 0. The fourth-order valence-electron chi connectivity index (χ4n) is 7.97. The molecule has 8 aromatic rings. The van der Waals surface area contributed by atoms with Crippen LogP contribution < -0.4 is 20.9 Å². The van der Waals surface area contributed by atoms with Crippen LogP contribution in [0, 0.1) is 0 Å². The Labute approximate surface area is 343 Å². The summed E-state index contributed by atoms with van der Waals surface area (Å²) in [6, 6.07) is 20.4. The maximum absolute atomic E-state index is 12.7. The standard InChI is InChI=1S/2C21H21ClN6O/c22-15-8-9-18-17(13-15)19(29)24-20-27(14-16-7-3-4-10-23-16)25-21(28(18)20)26-11-5-1-2-6-12-26;22-16-7-8-18-17(12-16)19(29)24-20-27(14-15-6-5-9-23-13-15)25-21(28(18)20)26-10-3-1-2-4-11-26/h3-4,7-10,13H,1-2,5-6,11-12,14H2;5-9,12-13H,1-4,10-11,14H2. The Morgan fingerprint density at radius 2 is 1.10 bits per heavy atom. The summed E-state index contributed by atoms with van der Waals surface area (Å²) in [7, 11) is 0. The summed E-state index contributed by atoms with van der Waals surface area (Å²) < 4.78 is 7.56. The van der Waals surface area contributed by atoms with E-state index in [-0.39, 0.29) is 11.1 Å². The number of rotatable bonds is 6. The molecule has 0 aliphatic carbocycles. The largest absolute Gasteiger partial charge is 0.341 e. The molecule has 2 fully saturated rings. The van der Waals surface area contributed by atoms with Gasteiger partial charge in [0, 0.05) is 54.8 Å². The second-order valence-corrected chi connectivity index (χ2v) is 15.7. The van der Waals surface area contributed by atoms with Crippen LogP contribution in [-0.4, -0.2) is 74.5 Å². The minimum atomic E-state index is -0.299. The van der Waals surface area contributed by atoms with E-state index in [0.717, 1.165) is 86.0 Å². The van der Waals surface area contributed by atoms with Gasteiger partial charge in [-0.3, -0.25) is 19.6 Å². The lowest BCUT2D eigenvalue weighted by Crippen LogP contribution is -2.26. The van der Waals surface area contributed by atoms with Gasteiger partial charge in [0.2, 0.25) is 23.5 Å². The van der Waals surface area contributed by atoms with Gasteiger partial charge >= 0.3 is 0 Å². The van der Waals surface area contributed by atoms with Crippen molar-refractivity contribution in [1.82, 2.24) is 48.3 Å². The van der Waals surface area contributed by atoms with Crippen LogP contribution >= 0.6 is 23.2 Å². The van der Waals surface area contributed by atoms with Crippen molar-refractivity contribution in [1.29, 1.82) is 0 Å². The molecule has 0 unspecified atom stereocenters. The average Bonchev–Trinajstić information content (AvgIpc) is 3.48. The van der Waals surface area contributed by atoms with Crippen molar-refractivity contribution < 1.29 is 0 Å². The molecule has 6 aromatic heterocycles. The molecule has 0 atom stereocenters. The number of anilines is 2. The molecule has 8 heterocycles. The first-order valence-corrected chi connectivity index (χ1v) is 20.6. The van der Waals surface area contributed by atoms with E-state index in [1.165, 1.54) is 25.7 Å². The lowest BCUT2D eigenvalue weighted by molar-refractivity contribution is 0.674. The number of fused-ring (bicyclic) bond motifs is 6. The van der Waals surface area contributed by atoms with E-state index in [4.69, 9.17) is 33.4 Å². The van der Waals surface area contributed by atoms with Gasteiger partial charge in [0.25, 0.3) is 11.1 Å². The van der Waals surface area contributed by atoms with E-state index in [1.807, 2.05) is 57.5 Å². The fraction of sp³-hybridized carbons (Fsp3) is 0.333.